The molecule has 0 atom stereocenters. The average Bonchev–Trinajstić information content (AvgIpc) is 2.61. The van der Waals surface area contributed by atoms with Gasteiger partial charge < -0.3 is 19.7 Å². The molecule has 0 radical (unpaired) electrons. The molecule has 1 aromatic heterocycles. The van der Waals surface area contributed by atoms with Crippen molar-refractivity contribution in [1.29, 1.82) is 0 Å². The molecule has 0 bridgehead atoms. The van der Waals surface area contributed by atoms with E-state index < -0.39 is 0 Å². The van der Waals surface area contributed by atoms with Crippen molar-refractivity contribution in [2.24, 2.45) is 0 Å². The molecule has 0 unspecified atom stereocenters. The Hall–Kier alpha value is -0.910. The summed E-state index contributed by atoms with van der Waals surface area (Å²) in [4.78, 5) is 4.18. The summed E-state index contributed by atoms with van der Waals surface area (Å²) in [5.41, 5.74) is 0. The third kappa shape index (κ3) is 3.45. The van der Waals surface area contributed by atoms with Gasteiger partial charge in [0.1, 0.15) is 5.82 Å². The number of ether oxygens (including phenoxy) is 1. The predicted molar refractivity (Wildman–Crippen MR) is 52.9 cm³/mol. The van der Waals surface area contributed by atoms with E-state index in [1.54, 1.807) is 13.3 Å². The van der Waals surface area contributed by atoms with Gasteiger partial charge in [-0.3, -0.25) is 0 Å². The monoisotopic (exact) mass is 199 g/mol. The zero-order valence-electron chi connectivity index (χ0n) is 8.44. The molecule has 0 fully saturated rings. The van der Waals surface area contributed by atoms with Crippen LogP contribution in [0.1, 0.15) is 5.82 Å². The van der Waals surface area contributed by atoms with Crippen LogP contribution in [0.2, 0.25) is 0 Å². The third-order valence-electron chi connectivity index (χ3n) is 1.91. The molecule has 0 aliphatic heterocycles. The Labute approximate surface area is 83.7 Å². The topological polar surface area (TPSA) is 59.3 Å². The summed E-state index contributed by atoms with van der Waals surface area (Å²) in [5, 5.41) is 12.0. The fourth-order valence-corrected chi connectivity index (χ4v) is 1.19. The van der Waals surface area contributed by atoms with Gasteiger partial charge in [-0.2, -0.15) is 0 Å². The Morgan fingerprint density at radius 1 is 1.64 bits per heavy atom. The highest BCUT2D eigenvalue weighted by molar-refractivity contribution is 4.91. The minimum absolute atomic E-state index is 0.140. The highest BCUT2D eigenvalue weighted by Crippen LogP contribution is 1.96. The van der Waals surface area contributed by atoms with E-state index in [1.165, 1.54) is 0 Å². The first-order valence-electron chi connectivity index (χ1n) is 4.69. The molecule has 0 amide bonds. The van der Waals surface area contributed by atoms with Gasteiger partial charge >= 0.3 is 0 Å². The zero-order chi connectivity index (χ0) is 10.2. The Bertz CT molecular complexity index is 250. The number of nitrogens with one attached hydrogen (secondary N) is 1. The normalized spacial score (nSPS) is 10.7. The third-order valence-corrected chi connectivity index (χ3v) is 1.91. The Morgan fingerprint density at radius 3 is 3.21 bits per heavy atom. The van der Waals surface area contributed by atoms with Gasteiger partial charge in [-0.15, -0.1) is 0 Å². The van der Waals surface area contributed by atoms with Crippen molar-refractivity contribution in [1.82, 2.24) is 14.9 Å². The Morgan fingerprint density at radius 2 is 2.50 bits per heavy atom. The van der Waals surface area contributed by atoms with Crippen molar-refractivity contribution < 1.29 is 9.84 Å². The molecule has 5 heteroatoms. The lowest BCUT2D eigenvalue weighted by atomic mass is 10.5. The minimum atomic E-state index is 0.140. The lowest BCUT2D eigenvalue weighted by molar-refractivity contribution is 0.198. The fourth-order valence-electron chi connectivity index (χ4n) is 1.19. The number of hydrogen-bond acceptors (Lipinski definition) is 4. The van der Waals surface area contributed by atoms with E-state index >= 15 is 0 Å². The van der Waals surface area contributed by atoms with Gasteiger partial charge in [-0.25, -0.2) is 4.98 Å². The van der Waals surface area contributed by atoms with Crippen LogP contribution in [0.4, 0.5) is 0 Å². The van der Waals surface area contributed by atoms with Gasteiger partial charge in [-0.1, -0.05) is 0 Å². The molecule has 0 aliphatic carbocycles. The van der Waals surface area contributed by atoms with Crippen LogP contribution in [-0.2, 0) is 17.8 Å². The number of aromatic nitrogens is 2. The first-order valence-corrected chi connectivity index (χ1v) is 4.69. The van der Waals surface area contributed by atoms with Gasteiger partial charge in [0.25, 0.3) is 0 Å². The second-order valence-electron chi connectivity index (χ2n) is 2.93. The highest BCUT2D eigenvalue weighted by atomic mass is 16.5. The molecule has 0 spiro atoms. The van der Waals surface area contributed by atoms with Gasteiger partial charge in [0, 0.05) is 32.6 Å². The van der Waals surface area contributed by atoms with Gasteiger partial charge in [0.2, 0.25) is 0 Å². The number of aliphatic hydroxyl groups is 1. The van der Waals surface area contributed by atoms with Crippen molar-refractivity contribution in [2.75, 3.05) is 26.9 Å². The maximum absolute atomic E-state index is 8.78. The van der Waals surface area contributed by atoms with Crippen molar-refractivity contribution in [2.45, 2.75) is 13.1 Å². The second-order valence-corrected chi connectivity index (χ2v) is 2.93. The van der Waals surface area contributed by atoms with Crippen molar-refractivity contribution in [3.05, 3.63) is 18.2 Å². The molecule has 14 heavy (non-hydrogen) atoms. The van der Waals surface area contributed by atoms with Crippen LogP contribution >= 0.6 is 0 Å². The zero-order valence-corrected chi connectivity index (χ0v) is 8.44. The molecule has 0 aliphatic rings. The number of methoxy groups -OCH3 is 1. The number of rotatable bonds is 7. The molecule has 1 rings (SSSR count). The van der Waals surface area contributed by atoms with E-state index in [9.17, 15) is 0 Å². The van der Waals surface area contributed by atoms with Crippen LogP contribution in [-0.4, -0.2) is 41.5 Å². The lowest BCUT2D eigenvalue weighted by Gasteiger charge is -2.06. The second kappa shape index (κ2) is 6.53. The number of nitrogens with zero attached hydrogens (tertiary/aromatic N) is 2. The van der Waals surface area contributed by atoms with E-state index in [0.717, 1.165) is 12.4 Å². The van der Waals surface area contributed by atoms with Crippen LogP contribution in [0.3, 0.4) is 0 Å². The number of hydrogen-bond donors (Lipinski definition) is 2. The maximum atomic E-state index is 8.78. The summed E-state index contributed by atoms with van der Waals surface area (Å²) >= 11 is 0. The summed E-state index contributed by atoms with van der Waals surface area (Å²) < 4.78 is 6.84. The fraction of sp³-hybridized carbons (Fsp3) is 0.667. The summed E-state index contributed by atoms with van der Waals surface area (Å²) in [5.74, 6) is 0.940. The van der Waals surface area contributed by atoms with Crippen LogP contribution in [0.25, 0.3) is 0 Å². The quantitative estimate of drug-likeness (QED) is 0.587. The van der Waals surface area contributed by atoms with Crippen LogP contribution in [0.5, 0.6) is 0 Å². The summed E-state index contributed by atoms with van der Waals surface area (Å²) in [6, 6.07) is 0. The highest BCUT2D eigenvalue weighted by Gasteiger charge is 2.00. The summed E-state index contributed by atoms with van der Waals surface area (Å²) in [7, 11) is 1.67. The summed E-state index contributed by atoms with van der Waals surface area (Å²) in [6.07, 6.45) is 3.60. The molecule has 2 N–H and O–H groups in total. The Balaban J connectivity index is 2.30. The van der Waals surface area contributed by atoms with Gasteiger partial charge in [0.05, 0.1) is 19.8 Å². The van der Waals surface area contributed by atoms with Crippen LogP contribution in [0.15, 0.2) is 12.4 Å². The maximum Gasteiger partial charge on any atom is 0.122 e. The smallest absolute Gasteiger partial charge is 0.122 e. The molecule has 0 saturated carbocycles. The van der Waals surface area contributed by atoms with E-state index in [-0.39, 0.29) is 6.61 Å². The largest absolute Gasteiger partial charge is 0.395 e. The molecule has 5 nitrogen and oxygen atoms in total. The number of imidazole rings is 1. The van der Waals surface area contributed by atoms with Crippen LogP contribution in [0, 0.1) is 0 Å². The molecule has 0 saturated heterocycles. The van der Waals surface area contributed by atoms with E-state index in [1.807, 2.05) is 10.8 Å². The van der Waals surface area contributed by atoms with E-state index in [0.29, 0.717) is 19.7 Å². The van der Waals surface area contributed by atoms with E-state index in [4.69, 9.17) is 9.84 Å². The summed E-state index contributed by atoms with van der Waals surface area (Å²) in [6.45, 7) is 2.95. The van der Waals surface area contributed by atoms with Crippen molar-refractivity contribution in [3.63, 3.8) is 0 Å². The van der Waals surface area contributed by atoms with Gasteiger partial charge in [-0.05, 0) is 0 Å². The predicted octanol–water partition coefficient (Wildman–Crippen LogP) is -0.389. The molecule has 1 heterocycles. The van der Waals surface area contributed by atoms with Crippen LogP contribution < -0.4 is 5.32 Å². The molecular weight excluding hydrogens is 182 g/mol. The van der Waals surface area contributed by atoms with E-state index in [2.05, 4.69) is 10.3 Å². The first kappa shape index (κ1) is 11.2. The minimum Gasteiger partial charge on any atom is -0.395 e. The first-order chi connectivity index (χ1) is 6.88. The molecule has 0 aromatic carbocycles. The number of aliphatic hydroxyl groups excluding tert-OH is 1. The Kier molecular flexibility index (Phi) is 5.21. The SMILES string of the molecule is COCCNCc1nccn1CCO. The standard InChI is InChI=1S/C9H17N3O2/c1-14-7-3-10-8-9-11-2-4-12(9)5-6-13/h2,4,10,13H,3,5-8H2,1H3. The van der Waals surface area contributed by atoms with Gasteiger partial charge in [0.15, 0.2) is 0 Å². The van der Waals surface area contributed by atoms with Crippen molar-refractivity contribution in [3.8, 4) is 0 Å². The average molecular weight is 199 g/mol. The van der Waals surface area contributed by atoms with Crippen molar-refractivity contribution >= 4 is 0 Å². The molecular formula is C9H17N3O2. The molecule has 80 valence electrons. The molecule has 1 aromatic rings. The lowest BCUT2D eigenvalue weighted by Crippen LogP contribution is -2.21.